The number of nitrogens with zero attached hydrogens (tertiary/aromatic N) is 6. The van der Waals surface area contributed by atoms with Crippen LogP contribution >= 0.6 is 31.9 Å². The van der Waals surface area contributed by atoms with E-state index in [0.717, 1.165) is 23.2 Å². The summed E-state index contributed by atoms with van der Waals surface area (Å²) in [6.45, 7) is 8.67. The van der Waals surface area contributed by atoms with Crippen molar-refractivity contribution in [2.45, 2.75) is 89.6 Å². The third kappa shape index (κ3) is 14.2. The van der Waals surface area contributed by atoms with Gasteiger partial charge in [0.2, 0.25) is 27.8 Å². The number of urea groups is 1. The number of carbonyl (C=O) groups excluding carboxylic acids is 4. The molecule has 2 saturated heterocycles. The Kier molecular flexibility index (Phi) is 16.6. The van der Waals surface area contributed by atoms with Gasteiger partial charge in [0.25, 0.3) is 0 Å². The highest BCUT2D eigenvalue weighted by Gasteiger charge is 2.35. The zero-order valence-corrected chi connectivity index (χ0v) is 41.0. The number of halogens is 2. The van der Waals surface area contributed by atoms with E-state index in [4.69, 9.17) is 9.73 Å². The third-order valence-corrected chi connectivity index (χ3v) is 13.0. The monoisotopic (exact) mass is 1040 g/mol. The van der Waals surface area contributed by atoms with Crippen LogP contribution < -0.4 is 25.6 Å². The number of guanidine groups is 1. The van der Waals surface area contributed by atoms with Gasteiger partial charge in [0, 0.05) is 88.6 Å². The van der Waals surface area contributed by atoms with Crippen molar-refractivity contribution < 1.29 is 37.4 Å². The first-order valence-corrected chi connectivity index (χ1v) is 25.1. The second-order valence-corrected chi connectivity index (χ2v) is 20.8. The minimum Gasteiger partial charge on any atom is -0.506 e. The molecule has 3 aromatic rings. The number of amides is 5. The van der Waals surface area contributed by atoms with E-state index < -0.39 is 39.7 Å². The molecule has 6 rings (SSSR count). The van der Waals surface area contributed by atoms with Crippen LogP contribution in [0.2, 0.25) is 0 Å². The summed E-state index contributed by atoms with van der Waals surface area (Å²) < 4.78 is 34.5. The van der Waals surface area contributed by atoms with Crippen molar-refractivity contribution in [2.75, 3.05) is 62.3 Å². The summed E-state index contributed by atoms with van der Waals surface area (Å²) in [5.74, 6) is -0.967. The highest BCUT2D eigenvalue weighted by Crippen LogP contribution is 2.34. The lowest BCUT2D eigenvalue weighted by molar-refractivity contribution is -0.137. The number of sulfonamides is 1. The van der Waals surface area contributed by atoms with E-state index in [9.17, 15) is 32.7 Å². The van der Waals surface area contributed by atoms with Crippen LogP contribution in [-0.2, 0) is 37.3 Å². The molecule has 2 aromatic carbocycles. The summed E-state index contributed by atoms with van der Waals surface area (Å²) in [5, 5.41) is 19.2. The molecule has 0 bridgehead atoms. The number of phenolic OH excluding ortho intramolecular Hbond substituents is 1. The standard InChI is InChI=1S/C44H58Br2N10O8S/c1-44(2,3)64-43(61)48-16-8-7-11-36(40(59)54-23-21-53(22-24-54)31-12-17-47-18-13-31)49-39(58)37(27-29-25-33(45)38(57)34(46)26-29)50-41(52-65(4,62)63)55-19-14-32(15-20-55)56-28-30-9-5-6-10-35(30)51-42(56)60/h5-6,9-10,12-13,17-18,25-26,32,36-37,57H,7-8,11,14-16,19-24,27-28H2,1-4H3,(H,48,61)(H,49,58)(H,50,52)(H,51,60)/t36-,37+/m0/s1. The number of alkyl carbamates (subject to hydrolysis) is 1. The molecule has 4 heterocycles. The molecule has 352 valence electrons. The molecule has 0 radical (unpaired) electrons. The van der Waals surface area contributed by atoms with Crippen LogP contribution in [-0.4, -0.2) is 139 Å². The highest BCUT2D eigenvalue weighted by molar-refractivity contribution is 9.11. The van der Waals surface area contributed by atoms with Crippen LogP contribution in [0.15, 0.2) is 74.9 Å². The van der Waals surface area contributed by atoms with Gasteiger partial charge in [-0.25, -0.2) is 23.0 Å². The molecule has 0 aliphatic carbocycles. The van der Waals surface area contributed by atoms with Gasteiger partial charge in [0.15, 0.2) is 0 Å². The number of aromatic nitrogens is 1. The number of aliphatic imine (C=N–C) groups is 1. The molecular weight excluding hydrogens is 988 g/mol. The van der Waals surface area contributed by atoms with Crippen molar-refractivity contribution in [3.8, 4) is 5.75 Å². The Hall–Kier alpha value is -5.15. The minimum absolute atomic E-state index is 0.0343. The van der Waals surface area contributed by atoms with E-state index in [-0.39, 0.29) is 42.5 Å². The number of hydrogen-bond acceptors (Lipinski definition) is 11. The second kappa shape index (κ2) is 21.9. The molecular formula is C44H58Br2N10O8S. The Balaban J connectivity index is 1.23. The molecule has 3 aliphatic heterocycles. The van der Waals surface area contributed by atoms with Crippen LogP contribution in [0.4, 0.5) is 21.0 Å². The average molecular weight is 1050 g/mol. The second-order valence-electron chi connectivity index (χ2n) is 17.4. The van der Waals surface area contributed by atoms with Crippen LogP contribution in [0.5, 0.6) is 5.75 Å². The fourth-order valence-electron chi connectivity index (χ4n) is 8.01. The van der Waals surface area contributed by atoms with Crippen molar-refractivity contribution in [2.24, 2.45) is 4.99 Å². The molecule has 0 unspecified atom stereocenters. The van der Waals surface area contributed by atoms with Crippen molar-refractivity contribution in [3.63, 3.8) is 0 Å². The van der Waals surface area contributed by atoms with Gasteiger partial charge in [-0.2, -0.15) is 0 Å². The number of likely N-dealkylation sites (tertiary alicyclic amines) is 1. The number of nitrogens with one attached hydrogen (secondary N) is 4. The van der Waals surface area contributed by atoms with Gasteiger partial charge in [-0.1, -0.05) is 18.2 Å². The van der Waals surface area contributed by atoms with Gasteiger partial charge in [-0.3, -0.25) is 19.3 Å². The number of piperazine rings is 1. The lowest BCUT2D eigenvalue weighted by Gasteiger charge is -2.41. The number of rotatable bonds is 14. The number of benzene rings is 2. The van der Waals surface area contributed by atoms with Crippen LogP contribution in [0.3, 0.4) is 0 Å². The van der Waals surface area contributed by atoms with Gasteiger partial charge in [-0.15, -0.1) is 0 Å². The Morgan fingerprint density at radius 3 is 2.28 bits per heavy atom. The summed E-state index contributed by atoms with van der Waals surface area (Å²) in [7, 11) is -3.91. The van der Waals surface area contributed by atoms with Gasteiger partial charge in [0.05, 0.1) is 15.2 Å². The van der Waals surface area contributed by atoms with Crippen molar-refractivity contribution >= 4 is 83.2 Å². The normalized spacial score (nSPS) is 17.1. The average Bonchev–Trinajstić information content (AvgIpc) is 3.26. The summed E-state index contributed by atoms with van der Waals surface area (Å²) in [6.07, 6.45) is 6.07. The maximum absolute atomic E-state index is 14.7. The number of aromatic hydroxyl groups is 1. The fraction of sp³-hybridized carbons (Fsp3) is 0.500. The Labute approximate surface area is 397 Å². The molecule has 3 aliphatic rings. The number of piperidine rings is 1. The van der Waals surface area contributed by atoms with Gasteiger partial charge >= 0.3 is 12.1 Å². The number of fused-ring (bicyclic) bond motifs is 1. The number of para-hydroxylation sites is 1. The number of anilines is 2. The summed E-state index contributed by atoms with van der Waals surface area (Å²) in [6, 6.07) is 12.2. The topological polar surface area (TPSA) is 218 Å². The lowest BCUT2D eigenvalue weighted by Crippen LogP contribution is -2.56. The molecule has 2 atom stereocenters. The number of ether oxygens (including phenoxy) is 1. The number of carbonyl (C=O) groups is 4. The van der Waals surface area contributed by atoms with Gasteiger partial charge < -0.3 is 45.4 Å². The van der Waals surface area contributed by atoms with Crippen molar-refractivity contribution in [1.82, 2.24) is 35.0 Å². The minimum atomic E-state index is -3.91. The maximum atomic E-state index is 14.7. The number of phenols is 1. The largest absolute Gasteiger partial charge is 0.506 e. The Morgan fingerprint density at radius 1 is 0.969 bits per heavy atom. The zero-order chi connectivity index (χ0) is 46.9. The molecule has 18 nitrogen and oxygen atoms in total. The summed E-state index contributed by atoms with van der Waals surface area (Å²) in [4.78, 5) is 71.0. The van der Waals surface area contributed by atoms with Crippen LogP contribution in [0, 0.1) is 0 Å². The van der Waals surface area contributed by atoms with E-state index in [2.05, 4.69) is 62.4 Å². The fourth-order valence-corrected chi connectivity index (χ4v) is 9.81. The number of hydrogen-bond donors (Lipinski definition) is 5. The molecule has 0 saturated carbocycles. The van der Waals surface area contributed by atoms with E-state index in [1.165, 1.54) is 0 Å². The third-order valence-electron chi connectivity index (χ3n) is 11.3. The van der Waals surface area contributed by atoms with E-state index in [1.807, 2.05) is 36.4 Å². The molecule has 5 amide bonds. The van der Waals surface area contributed by atoms with Crippen LogP contribution in [0.1, 0.15) is 64.0 Å². The number of pyridine rings is 1. The summed E-state index contributed by atoms with van der Waals surface area (Å²) in [5.41, 5.74) is 2.69. The van der Waals surface area contributed by atoms with Gasteiger partial charge in [-0.05, 0) is 126 Å². The SMILES string of the molecule is CC(C)(C)OC(=O)NCCCC[C@H](NC(=O)[C@@H](Cc1cc(Br)c(O)c(Br)c1)N=C(NS(C)(=O)=O)N1CCC(N2Cc3ccccc3NC2=O)CC1)C(=O)N1CCN(c2ccncc2)CC1. The molecule has 65 heavy (non-hydrogen) atoms. The zero-order valence-electron chi connectivity index (χ0n) is 37.1. The predicted octanol–water partition coefficient (Wildman–Crippen LogP) is 5.17. The first kappa shape index (κ1) is 49.3. The molecule has 2 fully saturated rings. The maximum Gasteiger partial charge on any atom is 0.407 e. The highest BCUT2D eigenvalue weighted by atomic mass is 79.9. The quantitative estimate of drug-likeness (QED) is 0.0807. The molecule has 21 heteroatoms. The van der Waals surface area contributed by atoms with E-state index in [0.29, 0.717) is 92.6 Å². The Morgan fingerprint density at radius 2 is 1.63 bits per heavy atom. The van der Waals surface area contributed by atoms with Gasteiger partial charge in [0.1, 0.15) is 23.4 Å². The van der Waals surface area contributed by atoms with Crippen molar-refractivity contribution in [1.29, 1.82) is 0 Å². The summed E-state index contributed by atoms with van der Waals surface area (Å²) >= 11 is 6.75. The molecule has 0 spiro atoms. The lowest BCUT2D eigenvalue weighted by atomic mass is 10.0. The molecule has 1 aromatic heterocycles. The Bertz CT molecular complexity index is 2300. The number of unbranched alkanes of at least 4 members (excludes halogenated alkanes) is 1. The van der Waals surface area contributed by atoms with E-state index >= 15 is 0 Å². The van der Waals surface area contributed by atoms with Crippen LogP contribution in [0.25, 0.3) is 0 Å². The molecule has 5 N–H and O–H groups in total. The first-order chi connectivity index (χ1) is 30.8. The predicted molar refractivity (Wildman–Crippen MR) is 255 cm³/mol. The smallest absolute Gasteiger partial charge is 0.407 e. The van der Waals surface area contributed by atoms with E-state index in [1.54, 1.807) is 60.0 Å². The first-order valence-electron chi connectivity index (χ1n) is 21.7. The van der Waals surface area contributed by atoms with Crippen molar-refractivity contribution in [3.05, 3.63) is 81.0 Å².